The summed E-state index contributed by atoms with van der Waals surface area (Å²) in [6.07, 6.45) is 0. The van der Waals surface area contributed by atoms with E-state index in [0.717, 1.165) is 16.9 Å². The van der Waals surface area contributed by atoms with E-state index >= 15 is 0 Å². The molecule has 0 aliphatic heterocycles. The van der Waals surface area contributed by atoms with Crippen molar-refractivity contribution in [1.82, 2.24) is 9.62 Å². The van der Waals surface area contributed by atoms with Crippen molar-refractivity contribution in [3.8, 4) is 0 Å². The molecule has 2 rings (SSSR count). The van der Waals surface area contributed by atoms with Crippen LogP contribution in [-0.2, 0) is 14.8 Å². The largest absolute Gasteiger partial charge is 0.335 e. The molecule has 0 bridgehead atoms. The Labute approximate surface area is 151 Å². The van der Waals surface area contributed by atoms with Crippen LogP contribution < -0.4 is 4.72 Å². The van der Waals surface area contributed by atoms with E-state index in [1.54, 1.807) is 11.0 Å². The van der Waals surface area contributed by atoms with Gasteiger partial charge in [-0.1, -0.05) is 41.9 Å². The molecule has 1 aromatic carbocycles. The zero-order valence-corrected chi connectivity index (χ0v) is 15.8. The van der Waals surface area contributed by atoms with E-state index in [1.165, 1.54) is 13.0 Å². The van der Waals surface area contributed by atoms with Gasteiger partial charge in [0, 0.05) is 20.0 Å². The highest BCUT2D eigenvalue weighted by Gasteiger charge is 2.20. The lowest BCUT2D eigenvalue weighted by Gasteiger charge is -2.28. The number of hydrogen-bond acceptors (Lipinski definition) is 4. The highest BCUT2D eigenvalue weighted by Crippen LogP contribution is 2.25. The van der Waals surface area contributed by atoms with Gasteiger partial charge in [-0.15, -0.1) is 11.3 Å². The first kappa shape index (κ1) is 18.9. The molecule has 1 unspecified atom stereocenters. The molecule has 1 heterocycles. The van der Waals surface area contributed by atoms with Gasteiger partial charge in [0.05, 0.1) is 10.4 Å². The predicted molar refractivity (Wildman–Crippen MR) is 96.8 cm³/mol. The maximum Gasteiger partial charge on any atom is 0.250 e. The van der Waals surface area contributed by atoms with E-state index < -0.39 is 10.0 Å². The standard InChI is InChI=1S/C16H19ClN2O3S2/c1-12(14-6-4-3-5-7-14)19(13(2)20)11-10-18-24(21,22)16-9-8-15(17)23-16/h3-9,12,18H,10-11H2,1-2H3. The number of nitrogens with zero attached hydrogens (tertiary/aromatic N) is 1. The van der Waals surface area contributed by atoms with Gasteiger partial charge >= 0.3 is 0 Å². The van der Waals surface area contributed by atoms with Gasteiger partial charge in [-0.05, 0) is 24.6 Å². The third-order valence-corrected chi connectivity index (χ3v) is 6.80. The van der Waals surface area contributed by atoms with E-state index in [4.69, 9.17) is 11.6 Å². The summed E-state index contributed by atoms with van der Waals surface area (Å²) in [5.41, 5.74) is 1.00. The first-order chi connectivity index (χ1) is 11.3. The number of thiophene rings is 1. The fourth-order valence-electron chi connectivity index (χ4n) is 2.35. The topological polar surface area (TPSA) is 66.5 Å². The van der Waals surface area contributed by atoms with Crippen molar-refractivity contribution >= 4 is 38.9 Å². The Hall–Kier alpha value is -1.41. The number of carbonyl (C=O) groups excluding carboxylic acids is 1. The van der Waals surface area contributed by atoms with Crippen LogP contribution in [0.25, 0.3) is 0 Å². The number of halogens is 1. The van der Waals surface area contributed by atoms with Crippen molar-refractivity contribution in [2.45, 2.75) is 24.1 Å². The average molecular weight is 387 g/mol. The molecule has 1 atom stereocenters. The van der Waals surface area contributed by atoms with Crippen LogP contribution in [0.4, 0.5) is 0 Å². The normalized spacial score (nSPS) is 12.8. The van der Waals surface area contributed by atoms with Crippen molar-refractivity contribution in [3.63, 3.8) is 0 Å². The van der Waals surface area contributed by atoms with Crippen LogP contribution in [0.2, 0.25) is 4.34 Å². The predicted octanol–water partition coefficient (Wildman–Crippen LogP) is 3.29. The van der Waals surface area contributed by atoms with Crippen LogP contribution in [0.1, 0.15) is 25.5 Å². The molecule has 0 saturated heterocycles. The average Bonchev–Trinajstić information content (AvgIpc) is 2.99. The molecule has 0 aliphatic rings. The lowest BCUT2D eigenvalue weighted by atomic mass is 10.1. The molecular formula is C16H19ClN2O3S2. The van der Waals surface area contributed by atoms with Crippen molar-refractivity contribution in [2.75, 3.05) is 13.1 Å². The minimum atomic E-state index is -3.61. The molecule has 0 fully saturated rings. The van der Waals surface area contributed by atoms with E-state index in [1.807, 2.05) is 37.3 Å². The van der Waals surface area contributed by atoms with E-state index in [-0.39, 0.29) is 29.2 Å². The third kappa shape index (κ3) is 4.80. The lowest BCUT2D eigenvalue weighted by Crippen LogP contribution is -2.38. The third-order valence-electron chi connectivity index (χ3n) is 3.61. The highest BCUT2D eigenvalue weighted by atomic mass is 35.5. The molecule has 2 aromatic rings. The molecule has 5 nitrogen and oxygen atoms in total. The summed E-state index contributed by atoms with van der Waals surface area (Å²) in [4.78, 5) is 13.6. The Kier molecular flexibility index (Phi) is 6.40. The SMILES string of the molecule is CC(=O)N(CCNS(=O)(=O)c1ccc(Cl)s1)C(C)c1ccccc1. The smallest absolute Gasteiger partial charge is 0.250 e. The number of hydrogen-bond donors (Lipinski definition) is 1. The van der Waals surface area contributed by atoms with Gasteiger partial charge in [0.1, 0.15) is 4.21 Å². The quantitative estimate of drug-likeness (QED) is 0.793. The number of rotatable bonds is 7. The summed E-state index contributed by atoms with van der Waals surface area (Å²) < 4.78 is 27.4. The number of sulfonamides is 1. The van der Waals surface area contributed by atoms with E-state index in [0.29, 0.717) is 4.34 Å². The molecule has 0 aliphatic carbocycles. The van der Waals surface area contributed by atoms with Gasteiger partial charge in [-0.3, -0.25) is 4.79 Å². The zero-order valence-electron chi connectivity index (χ0n) is 13.4. The van der Waals surface area contributed by atoms with Gasteiger partial charge in [-0.2, -0.15) is 0 Å². The summed E-state index contributed by atoms with van der Waals surface area (Å²) in [6.45, 7) is 3.82. The van der Waals surface area contributed by atoms with Crippen molar-refractivity contribution in [1.29, 1.82) is 0 Å². The number of benzene rings is 1. The number of nitrogens with one attached hydrogen (secondary N) is 1. The molecular weight excluding hydrogens is 368 g/mol. The van der Waals surface area contributed by atoms with Gasteiger partial charge < -0.3 is 4.90 Å². The molecule has 0 spiro atoms. The minimum absolute atomic E-state index is 0.107. The zero-order chi connectivity index (χ0) is 17.7. The van der Waals surface area contributed by atoms with Crippen LogP contribution in [0, 0.1) is 0 Å². The second kappa shape index (κ2) is 8.11. The number of carbonyl (C=O) groups is 1. The fourth-order valence-corrected chi connectivity index (χ4v) is 4.90. The number of amides is 1. The maximum atomic E-state index is 12.2. The van der Waals surface area contributed by atoms with Crippen LogP contribution in [0.15, 0.2) is 46.7 Å². The Morgan fingerprint density at radius 2 is 1.92 bits per heavy atom. The van der Waals surface area contributed by atoms with Crippen molar-refractivity contribution in [2.24, 2.45) is 0 Å². The molecule has 0 saturated carbocycles. The van der Waals surface area contributed by atoms with E-state index in [2.05, 4.69) is 4.72 Å². The Morgan fingerprint density at radius 1 is 1.25 bits per heavy atom. The summed E-state index contributed by atoms with van der Waals surface area (Å²) in [5.74, 6) is -0.107. The molecule has 0 radical (unpaired) electrons. The monoisotopic (exact) mass is 386 g/mol. The van der Waals surface area contributed by atoms with Crippen LogP contribution in [-0.4, -0.2) is 32.3 Å². The van der Waals surface area contributed by atoms with Gasteiger partial charge in [0.15, 0.2) is 0 Å². The Balaban J connectivity index is 2.01. The Morgan fingerprint density at radius 3 is 2.46 bits per heavy atom. The summed E-state index contributed by atoms with van der Waals surface area (Å²) in [7, 11) is -3.61. The minimum Gasteiger partial charge on any atom is -0.335 e. The summed E-state index contributed by atoms with van der Waals surface area (Å²) >= 11 is 6.77. The second-order valence-corrected chi connectivity index (χ2v) is 8.96. The van der Waals surface area contributed by atoms with E-state index in [9.17, 15) is 13.2 Å². The van der Waals surface area contributed by atoms with Gasteiger partial charge in [0.2, 0.25) is 15.9 Å². The molecule has 1 N–H and O–H groups in total. The molecule has 1 aromatic heterocycles. The Bertz CT molecular complexity index is 791. The molecule has 8 heteroatoms. The first-order valence-corrected chi connectivity index (χ1v) is 10.1. The van der Waals surface area contributed by atoms with Crippen LogP contribution >= 0.6 is 22.9 Å². The summed E-state index contributed by atoms with van der Waals surface area (Å²) in [6, 6.07) is 12.5. The van der Waals surface area contributed by atoms with Gasteiger partial charge in [0.25, 0.3) is 0 Å². The maximum absolute atomic E-state index is 12.2. The second-order valence-electron chi connectivity index (χ2n) is 5.26. The van der Waals surface area contributed by atoms with Crippen molar-refractivity contribution < 1.29 is 13.2 Å². The van der Waals surface area contributed by atoms with Crippen molar-refractivity contribution in [3.05, 3.63) is 52.4 Å². The molecule has 24 heavy (non-hydrogen) atoms. The van der Waals surface area contributed by atoms with Crippen LogP contribution in [0.5, 0.6) is 0 Å². The highest BCUT2D eigenvalue weighted by molar-refractivity contribution is 7.91. The van der Waals surface area contributed by atoms with Crippen LogP contribution in [0.3, 0.4) is 0 Å². The first-order valence-electron chi connectivity index (χ1n) is 7.38. The summed E-state index contributed by atoms with van der Waals surface area (Å²) in [5, 5.41) is 0. The molecule has 130 valence electrons. The fraction of sp³-hybridized carbons (Fsp3) is 0.312. The lowest BCUT2D eigenvalue weighted by molar-refractivity contribution is -0.130. The van der Waals surface area contributed by atoms with Gasteiger partial charge in [-0.25, -0.2) is 13.1 Å². The molecule has 1 amide bonds.